The third kappa shape index (κ3) is 5.89. The molecule has 46 valence electrons. The average molecular weight is 175 g/mol. The van der Waals surface area contributed by atoms with Crippen molar-refractivity contribution in [3.8, 4) is 5.40 Å². The molecule has 0 aliphatic rings. The SMILES string of the molecule is N#CS[O][Cr](=[O])(=[O])[OH]. The van der Waals surface area contributed by atoms with Crippen molar-refractivity contribution in [2.24, 2.45) is 0 Å². The fraction of sp³-hybridized carbons (Fsp3) is 0. The zero-order valence-corrected chi connectivity index (χ0v) is 5.53. The molecule has 0 unspecified atom stereocenters. The van der Waals surface area contributed by atoms with Crippen LogP contribution in [0.4, 0.5) is 0 Å². The summed E-state index contributed by atoms with van der Waals surface area (Å²) in [5, 5.41) is 8.95. The van der Waals surface area contributed by atoms with Crippen molar-refractivity contribution >= 4 is 12.0 Å². The van der Waals surface area contributed by atoms with Crippen molar-refractivity contribution in [1.29, 1.82) is 5.26 Å². The Kier molecular flexibility index (Phi) is 2.99. The van der Waals surface area contributed by atoms with Crippen LogP contribution >= 0.6 is 12.0 Å². The molecule has 7 heteroatoms. The van der Waals surface area contributed by atoms with Crippen LogP contribution in [0.15, 0.2) is 0 Å². The summed E-state index contributed by atoms with van der Waals surface area (Å²) in [5.41, 5.74) is 0. The van der Waals surface area contributed by atoms with E-state index in [1.807, 2.05) is 0 Å². The molecule has 0 radical (unpaired) electrons. The van der Waals surface area contributed by atoms with Crippen molar-refractivity contribution in [3.63, 3.8) is 0 Å². The molecule has 0 aliphatic heterocycles. The fourth-order valence-electron chi connectivity index (χ4n) is 0.0582. The predicted octanol–water partition coefficient (Wildman–Crippen LogP) is -0.201. The van der Waals surface area contributed by atoms with Crippen LogP contribution in [0.5, 0.6) is 0 Å². The molecule has 0 saturated carbocycles. The Balaban J connectivity index is 3.63. The van der Waals surface area contributed by atoms with Gasteiger partial charge in [0, 0.05) is 0 Å². The van der Waals surface area contributed by atoms with Crippen molar-refractivity contribution in [3.05, 3.63) is 0 Å². The van der Waals surface area contributed by atoms with E-state index in [2.05, 4.69) is 3.23 Å². The summed E-state index contributed by atoms with van der Waals surface area (Å²) in [6.45, 7) is 0. The van der Waals surface area contributed by atoms with Gasteiger partial charge in [-0.25, -0.2) is 0 Å². The van der Waals surface area contributed by atoms with Crippen LogP contribution in [0.2, 0.25) is 0 Å². The Labute approximate surface area is 51.8 Å². The van der Waals surface area contributed by atoms with Gasteiger partial charge in [0.2, 0.25) is 0 Å². The molecular weight excluding hydrogens is 174 g/mol. The molecule has 0 aromatic rings. The number of hydrogen-bond donors (Lipinski definition) is 1. The third-order valence-corrected chi connectivity index (χ3v) is 1.60. The van der Waals surface area contributed by atoms with E-state index < -0.39 is 13.6 Å². The second-order valence-electron chi connectivity index (χ2n) is 0.670. The van der Waals surface area contributed by atoms with Crippen molar-refractivity contribution in [2.45, 2.75) is 0 Å². The molecular formula is CHCrNO4S. The monoisotopic (exact) mass is 175 g/mol. The van der Waals surface area contributed by atoms with Crippen LogP contribution < -0.4 is 0 Å². The van der Waals surface area contributed by atoms with Crippen molar-refractivity contribution < 1.29 is 28.6 Å². The molecule has 0 bridgehead atoms. The summed E-state index contributed by atoms with van der Waals surface area (Å²) < 4.78 is 30.6. The van der Waals surface area contributed by atoms with Crippen LogP contribution in [-0.2, 0) is 24.5 Å². The van der Waals surface area contributed by atoms with Gasteiger partial charge in [-0.1, -0.05) is 0 Å². The Morgan fingerprint density at radius 3 is 2.38 bits per heavy atom. The Hall–Kier alpha value is -0.108. The topological polar surface area (TPSA) is 87.4 Å². The Morgan fingerprint density at radius 1 is 1.75 bits per heavy atom. The zero-order chi connectivity index (χ0) is 6.62. The summed E-state index contributed by atoms with van der Waals surface area (Å²) in [4.78, 5) is 0. The van der Waals surface area contributed by atoms with Gasteiger partial charge in [0.1, 0.15) is 0 Å². The molecule has 0 aromatic carbocycles. The minimum absolute atomic E-state index is 0.0150. The van der Waals surface area contributed by atoms with Gasteiger partial charge in [-0.15, -0.1) is 0 Å². The van der Waals surface area contributed by atoms with Gasteiger partial charge < -0.3 is 0 Å². The second kappa shape index (κ2) is 3.03. The molecule has 0 rings (SSSR count). The number of nitrogens with zero attached hydrogens (tertiary/aromatic N) is 1. The average Bonchev–Trinajstić information content (AvgIpc) is 1.59. The van der Waals surface area contributed by atoms with Gasteiger partial charge in [-0.3, -0.25) is 0 Å². The van der Waals surface area contributed by atoms with E-state index in [9.17, 15) is 7.61 Å². The Bertz CT molecular complexity index is 189. The summed E-state index contributed by atoms with van der Waals surface area (Å²) in [6, 6.07) is 0. The first kappa shape index (κ1) is 7.89. The number of thiocyanates is 1. The van der Waals surface area contributed by atoms with E-state index in [1.165, 1.54) is 5.40 Å². The van der Waals surface area contributed by atoms with E-state index >= 15 is 0 Å². The molecule has 0 fully saturated rings. The summed E-state index contributed by atoms with van der Waals surface area (Å²) in [6.07, 6.45) is 0. The minimum atomic E-state index is -5.09. The first-order valence-corrected chi connectivity index (χ1v) is 4.15. The Morgan fingerprint density at radius 2 is 2.25 bits per heavy atom. The molecule has 0 atom stereocenters. The van der Waals surface area contributed by atoms with Gasteiger partial charge in [0.25, 0.3) is 0 Å². The van der Waals surface area contributed by atoms with Gasteiger partial charge in [-0.2, -0.15) is 0 Å². The van der Waals surface area contributed by atoms with Crippen molar-refractivity contribution in [2.75, 3.05) is 0 Å². The van der Waals surface area contributed by atoms with Crippen LogP contribution in [0.3, 0.4) is 0 Å². The van der Waals surface area contributed by atoms with E-state index in [1.54, 1.807) is 0 Å². The zero-order valence-electron chi connectivity index (χ0n) is 3.44. The standard InChI is InChI=1S/CHNOS.Cr.H2O.2O/c2-1-4-3;;;;/h3H;;1H2;;/q;+2;;;/p-2. The van der Waals surface area contributed by atoms with Crippen molar-refractivity contribution in [1.82, 2.24) is 0 Å². The normalized spacial score (nSPS) is 10.5. The van der Waals surface area contributed by atoms with Gasteiger partial charge >= 0.3 is 51.3 Å². The molecule has 0 saturated heterocycles. The molecule has 0 aliphatic carbocycles. The van der Waals surface area contributed by atoms with E-state index in [4.69, 9.17) is 9.42 Å². The van der Waals surface area contributed by atoms with Gasteiger partial charge in [0.05, 0.1) is 0 Å². The molecule has 8 heavy (non-hydrogen) atoms. The van der Waals surface area contributed by atoms with E-state index in [-0.39, 0.29) is 12.0 Å². The molecule has 1 N–H and O–H groups in total. The van der Waals surface area contributed by atoms with Gasteiger partial charge in [0.15, 0.2) is 0 Å². The number of nitriles is 1. The second-order valence-corrected chi connectivity index (χ2v) is 3.13. The first-order chi connectivity index (χ1) is 3.56. The maximum absolute atomic E-state index is 9.62. The van der Waals surface area contributed by atoms with Crippen LogP contribution in [-0.4, -0.2) is 4.16 Å². The predicted molar refractivity (Wildman–Crippen MR) is 17.9 cm³/mol. The van der Waals surface area contributed by atoms with Crippen LogP contribution in [0, 0.1) is 10.7 Å². The molecule has 0 heterocycles. The molecule has 0 amide bonds. The quantitative estimate of drug-likeness (QED) is 0.461. The maximum atomic E-state index is 9.62. The van der Waals surface area contributed by atoms with Crippen LogP contribution in [0.1, 0.15) is 0 Å². The van der Waals surface area contributed by atoms with Crippen LogP contribution in [0.25, 0.3) is 0 Å². The molecule has 0 spiro atoms. The number of hydrogen-bond acceptors (Lipinski definition) is 5. The first-order valence-electron chi connectivity index (χ1n) is 1.28. The molecule has 5 nitrogen and oxygen atoms in total. The van der Waals surface area contributed by atoms with Gasteiger partial charge in [-0.05, 0) is 0 Å². The fourth-order valence-corrected chi connectivity index (χ4v) is 0.720. The summed E-state index contributed by atoms with van der Waals surface area (Å²) in [5.74, 6) is 0. The third-order valence-electron chi connectivity index (χ3n) is 0.157. The molecule has 0 aromatic heterocycles. The summed E-state index contributed by atoms with van der Waals surface area (Å²) >= 11 is -5.08. The number of rotatable bonds is 2. The van der Waals surface area contributed by atoms with E-state index in [0.29, 0.717) is 0 Å². The van der Waals surface area contributed by atoms with E-state index in [0.717, 1.165) is 0 Å². The summed E-state index contributed by atoms with van der Waals surface area (Å²) in [7, 11) is 0.